The van der Waals surface area contributed by atoms with Crippen molar-refractivity contribution in [3.8, 4) is 0 Å². The normalized spacial score (nSPS) is 19.0. The highest BCUT2D eigenvalue weighted by atomic mass is 35.5. The molecule has 1 fully saturated rings. The molecule has 2 aliphatic rings. The largest absolute Gasteiger partial charge is 0.389 e. The Hall–Kier alpha value is -1.56. The molecule has 0 spiro atoms. The Morgan fingerprint density at radius 3 is 2.73 bits per heavy atom. The predicted molar refractivity (Wildman–Crippen MR) is 103 cm³/mol. The molecule has 4 nitrogen and oxygen atoms in total. The Labute approximate surface area is 158 Å². The molecule has 1 aromatic carbocycles. The Morgan fingerprint density at radius 1 is 1.42 bits per heavy atom. The summed E-state index contributed by atoms with van der Waals surface area (Å²) in [7, 11) is 0. The highest BCUT2D eigenvalue weighted by molar-refractivity contribution is 6.64. The molecule has 0 radical (unpaired) electrons. The minimum Gasteiger partial charge on any atom is -0.389 e. The first-order valence-electron chi connectivity index (χ1n) is 9.10. The van der Waals surface area contributed by atoms with Gasteiger partial charge in [-0.15, -0.1) is 0 Å². The van der Waals surface area contributed by atoms with Gasteiger partial charge in [0, 0.05) is 31.8 Å². The van der Waals surface area contributed by atoms with Crippen LogP contribution in [0.5, 0.6) is 0 Å². The molecule has 0 bridgehead atoms. The van der Waals surface area contributed by atoms with Crippen LogP contribution >= 0.6 is 11.6 Å². The Kier molecular flexibility index (Phi) is 5.90. The quantitative estimate of drug-likeness (QED) is 0.451. The van der Waals surface area contributed by atoms with Crippen molar-refractivity contribution in [2.45, 2.75) is 45.3 Å². The smallest absolute Gasteiger partial charge is 0.188 e. The fourth-order valence-corrected chi connectivity index (χ4v) is 3.52. The van der Waals surface area contributed by atoms with Crippen molar-refractivity contribution in [3.63, 3.8) is 0 Å². The first-order valence-corrected chi connectivity index (χ1v) is 9.48. The van der Waals surface area contributed by atoms with Crippen LogP contribution in [-0.2, 0) is 0 Å². The number of aliphatic hydroxyl groups excluding tert-OH is 1. The van der Waals surface area contributed by atoms with E-state index in [9.17, 15) is 9.50 Å². The van der Waals surface area contributed by atoms with E-state index < -0.39 is 6.10 Å². The van der Waals surface area contributed by atoms with E-state index in [1.54, 1.807) is 13.0 Å². The van der Waals surface area contributed by atoms with Crippen molar-refractivity contribution < 1.29 is 14.1 Å². The van der Waals surface area contributed by atoms with Crippen molar-refractivity contribution >= 4 is 22.5 Å². The minimum atomic E-state index is -0.792. The van der Waals surface area contributed by atoms with E-state index in [0.29, 0.717) is 18.5 Å². The molecular formula is C20H26ClFN3O+. The lowest BCUT2D eigenvalue weighted by Gasteiger charge is -2.24. The lowest BCUT2D eigenvalue weighted by molar-refractivity contribution is -0.473. The van der Waals surface area contributed by atoms with E-state index in [2.05, 4.69) is 23.0 Å². The van der Waals surface area contributed by atoms with Gasteiger partial charge in [-0.25, -0.2) is 8.97 Å². The summed E-state index contributed by atoms with van der Waals surface area (Å²) in [6.45, 7) is 5.49. The summed E-state index contributed by atoms with van der Waals surface area (Å²) in [5, 5.41) is 21.1. The third-order valence-corrected chi connectivity index (χ3v) is 5.31. The zero-order valence-electron chi connectivity index (χ0n) is 15.2. The summed E-state index contributed by atoms with van der Waals surface area (Å²) >= 11 is 5.84. The van der Waals surface area contributed by atoms with Crippen LogP contribution in [0, 0.1) is 17.1 Å². The Morgan fingerprint density at radius 2 is 2.15 bits per heavy atom. The van der Waals surface area contributed by atoms with Gasteiger partial charge >= 0.3 is 0 Å². The molecule has 0 amide bonds. The van der Waals surface area contributed by atoms with Gasteiger partial charge in [0.15, 0.2) is 18.5 Å². The van der Waals surface area contributed by atoms with E-state index in [0.717, 1.165) is 18.0 Å². The fraction of sp³-hybridized carbons (Fsp3) is 0.500. The molecule has 140 valence electrons. The second-order valence-electron chi connectivity index (χ2n) is 7.33. The van der Waals surface area contributed by atoms with Crippen LogP contribution in [0.3, 0.4) is 0 Å². The van der Waals surface area contributed by atoms with Gasteiger partial charge in [0.2, 0.25) is 0 Å². The van der Waals surface area contributed by atoms with E-state index >= 15 is 0 Å². The third-order valence-electron chi connectivity index (χ3n) is 5.16. The second-order valence-corrected chi connectivity index (χ2v) is 7.78. The average molecular weight is 379 g/mol. The topological polar surface area (TPSA) is 59.1 Å². The molecule has 1 aliphatic carbocycles. The molecule has 1 saturated carbocycles. The number of aliphatic hydroxyl groups is 1. The van der Waals surface area contributed by atoms with Gasteiger partial charge in [-0.3, -0.25) is 5.41 Å². The monoisotopic (exact) mass is 378 g/mol. The molecule has 2 atom stereocenters. The maximum Gasteiger partial charge on any atom is 0.188 e. The zero-order chi connectivity index (χ0) is 18.8. The number of hydrogen-bond donors (Lipinski definition) is 3. The lowest BCUT2D eigenvalue weighted by atomic mass is 9.94. The molecule has 0 saturated heterocycles. The maximum atomic E-state index is 13.6. The predicted octanol–water partition coefficient (Wildman–Crippen LogP) is 3.90. The number of benzene rings is 1. The average Bonchev–Trinajstić information content (AvgIpc) is 3.39. The second kappa shape index (κ2) is 7.99. The molecular weight excluding hydrogens is 353 g/mol. The van der Waals surface area contributed by atoms with Gasteiger partial charge in [0.25, 0.3) is 0 Å². The number of halogens is 2. The van der Waals surface area contributed by atoms with E-state index in [1.165, 1.54) is 36.3 Å². The molecule has 0 aromatic heterocycles. The Balaban J connectivity index is 1.70. The number of hydrogen-bond acceptors (Lipinski definition) is 3. The minimum absolute atomic E-state index is 0.0296. The van der Waals surface area contributed by atoms with E-state index in [-0.39, 0.29) is 17.0 Å². The first kappa shape index (κ1) is 19.2. The van der Waals surface area contributed by atoms with Gasteiger partial charge in [-0.1, -0.05) is 17.7 Å². The van der Waals surface area contributed by atoms with Crippen molar-refractivity contribution in [2.75, 3.05) is 13.1 Å². The van der Waals surface area contributed by atoms with E-state index in [4.69, 9.17) is 17.0 Å². The summed E-state index contributed by atoms with van der Waals surface area (Å²) < 4.78 is 15.9. The molecule has 6 heteroatoms. The Bertz CT molecular complexity index is 768. The van der Waals surface area contributed by atoms with Gasteiger partial charge in [-0.2, -0.15) is 0 Å². The fourth-order valence-electron chi connectivity index (χ4n) is 3.37. The lowest BCUT2D eigenvalue weighted by Crippen LogP contribution is -2.35. The molecule has 1 aromatic rings. The highest BCUT2D eigenvalue weighted by Crippen LogP contribution is 2.31. The summed E-state index contributed by atoms with van der Waals surface area (Å²) in [5.41, 5.74) is 3.81. The molecule has 3 N–H and O–H groups in total. The third kappa shape index (κ3) is 4.58. The van der Waals surface area contributed by atoms with Crippen LogP contribution in [0.1, 0.15) is 56.4 Å². The summed E-state index contributed by atoms with van der Waals surface area (Å²) in [5.74, 6) is 0.457. The highest BCUT2D eigenvalue weighted by Gasteiger charge is 2.33. The number of rotatable bonds is 9. The van der Waals surface area contributed by atoms with Gasteiger partial charge in [-0.05, 0) is 43.0 Å². The standard InChI is InChI=1S/C20H26ClFN3O/c1-12-15(11-25(12)10-14-3-4-14)9-24-19(8-20(21)23)17-6-5-16(22)7-18(17)13(2)26/h5-7,11,13-14,19,23-24,26H,3-4,8-10H2,1-2H3/q+1/t13-,19?/m1/s1. The van der Waals surface area contributed by atoms with Gasteiger partial charge < -0.3 is 10.4 Å². The van der Waals surface area contributed by atoms with Gasteiger partial charge in [0.1, 0.15) is 5.82 Å². The molecule has 1 aliphatic heterocycles. The number of nitrogens with one attached hydrogen (secondary N) is 2. The summed E-state index contributed by atoms with van der Waals surface area (Å²) in [4.78, 5) is 0. The molecule has 26 heavy (non-hydrogen) atoms. The first-order chi connectivity index (χ1) is 12.3. The SMILES string of the molecule is CC1=[N+](CC2CC2)C=C1CNC(CC(=N)Cl)c1ccc(F)cc1[C@@H](C)O. The van der Waals surface area contributed by atoms with Crippen molar-refractivity contribution in [2.24, 2.45) is 5.92 Å². The molecule has 1 heterocycles. The van der Waals surface area contributed by atoms with Crippen LogP contribution < -0.4 is 5.32 Å². The van der Waals surface area contributed by atoms with Crippen LogP contribution in [0.15, 0.2) is 30.0 Å². The summed E-state index contributed by atoms with van der Waals surface area (Å²) in [6, 6.07) is 4.14. The molecule has 3 rings (SSSR count). The van der Waals surface area contributed by atoms with Crippen LogP contribution in [0.25, 0.3) is 0 Å². The van der Waals surface area contributed by atoms with Gasteiger partial charge in [0.05, 0.1) is 16.8 Å². The molecule has 1 unspecified atom stereocenters. The number of nitrogens with zero attached hydrogens (tertiary/aromatic N) is 1. The van der Waals surface area contributed by atoms with Crippen LogP contribution in [0.4, 0.5) is 4.39 Å². The summed E-state index contributed by atoms with van der Waals surface area (Å²) in [6.07, 6.45) is 4.34. The van der Waals surface area contributed by atoms with Crippen molar-refractivity contribution in [1.29, 1.82) is 5.41 Å². The van der Waals surface area contributed by atoms with Crippen molar-refractivity contribution in [3.05, 3.63) is 46.9 Å². The van der Waals surface area contributed by atoms with Crippen molar-refractivity contribution in [1.82, 2.24) is 5.32 Å². The zero-order valence-corrected chi connectivity index (χ0v) is 16.0. The van der Waals surface area contributed by atoms with E-state index in [1.807, 2.05) is 0 Å². The van der Waals surface area contributed by atoms with Crippen LogP contribution in [0.2, 0.25) is 0 Å². The van der Waals surface area contributed by atoms with Crippen LogP contribution in [-0.4, -0.2) is 33.7 Å². The maximum absolute atomic E-state index is 13.6.